The molecule has 1 nitrogen and oxygen atoms in total. The van der Waals surface area contributed by atoms with Crippen LogP contribution in [0.1, 0.15) is 36.8 Å². The van der Waals surface area contributed by atoms with Crippen molar-refractivity contribution in [3.63, 3.8) is 0 Å². The Morgan fingerprint density at radius 3 is 2.76 bits per heavy atom. The lowest BCUT2D eigenvalue weighted by Crippen LogP contribution is -2.13. The van der Waals surface area contributed by atoms with Crippen molar-refractivity contribution in [3.8, 4) is 0 Å². The van der Waals surface area contributed by atoms with Crippen LogP contribution in [0.25, 0.3) is 0 Å². The predicted octanol–water partition coefficient (Wildman–Crippen LogP) is 3.35. The average molecular weight is 239 g/mol. The zero-order valence-corrected chi connectivity index (χ0v) is 10.2. The minimum atomic E-state index is -2.57. The largest absolute Gasteiger partial charge is 0.316 e. The lowest BCUT2D eigenvalue weighted by Gasteiger charge is -2.16. The smallest absolute Gasteiger partial charge is 0.245 e. The molecular weight excluding hydrogens is 220 g/mol. The predicted molar refractivity (Wildman–Crippen MR) is 65.6 cm³/mol. The highest BCUT2D eigenvalue weighted by Gasteiger charge is 2.23. The molecule has 0 radical (unpaired) electrons. The topological polar surface area (TPSA) is 12.0 Å². The molecule has 0 aromatic heterocycles. The van der Waals surface area contributed by atoms with Gasteiger partial charge in [0.25, 0.3) is 0 Å². The van der Waals surface area contributed by atoms with Gasteiger partial charge in [-0.05, 0) is 43.4 Å². The summed E-state index contributed by atoms with van der Waals surface area (Å²) in [6, 6.07) is 8.01. The Labute approximate surface area is 101 Å². The molecule has 3 heteroatoms. The number of aryl methyl sites for hydroxylation is 1. The van der Waals surface area contributed by atoms with E-state index in [2.05, 4.69) is 11.4 Å². The van der Waals surface area contributed by atoms with Crippen LogP contribution >= 0.6 is 0 Å². The summed E-state index contributed by atoms with van der Waals surface area (Å²) in [7, 11) is 0. The van der Waals surface area contributed by atoms with Gasteiger partial charge in [0.2, 0.25) is 5.92 Å². The van der Waals surface area contributed by atoms with Crippen molar-refractivity contribution in [1.82, 2.24) is 5.32 Å². The van der Waals surface area contributed by atoms with E-state index in [1.54, 1.807) is 0 Å². The third-order valence-electron chi connectivity index (χ3n) is 3.39. The summed E-state index contributed by atoms with van der Waals surface area (Å²) in [6.45, 7) is 3.00. The standard InChI is InChI=1S/C14H19F2N/c1-14(15,16)8-6-11-4-2-3-5-13(11)12-7-9-17-10-12/h2-5,12,17H,6-10H2,1H3. The van der Waals surface area contributed by atoms with Gasteiger partial charge in [-0.1, -0.05) is 24.3 Å². The van der Waals surface area contributed by atoms with Crippen molar-refractivity contribution >= 4 is 0 Å². The molecule has 1 heterocycles. The Hall–Kier alpha value is -0.960. The minimum absolute atomic E-state index is 0.0653. The van der Waals surface area contributed by atoms with Crippen molar-refractivity contribution in [2.45, 2.75) is 38.0 Å². The summed E-state index contributed by atoms with van der Waals surface area (Å²) >= 11 is 0. The molecule has 2 rings (SSSR count). The van der Waals surface area contributed by atoms with Gasteiger partial charge in [0.15, 0.2) is 0 Å². The summed E-state index contributed by atoms with van der Waals surface area (Å²) < 4.78 is 25.8. The summed E-state index contributed by atoms with van der Waals surface area (Å²) in [5, 5.41) is 3.32. The van der Waals surface area contributed by atoms with Crippen molar-refractivity contribution in [3.05, 3.63) is 35.4 Å². The molecule has 0 amide bonds. The van der Waals surface area contributed by atoms with Gasteiger partial charge in [0.1, 0.15) is 0 Å². The molecule has 1 unspecified atom stereocenters. The Morgan fingerprint density at radius 1 is 1.35 bits per heavy atom. The number of halogens is 2. The second-order valence-electron chi connectivity index (χ2n) is 4.96. The highest BCUT2D eigenvalue weighted by molar-refractivity contribution is 5.31. The fourth-order valence-corrected chi connectivity index (χ4v) is 2.43. The molecule has 1 fully saturated rings. The molecule has 1 aliphatic rings. The molecule has 94 valence electrons. The van der Waals surface area contributed by atoms with E-state index in [-0.39, 0.29) is 6.42 Å². The van der Waals surface area contributed by atoms with Crippen molar-refractivity contribution in [2.75, 3.05) is 13.1 Å². The van der Waals surface area contributed by atoms with E-state index in [1.807, 2.05) is 18.2 Å². The van der Waals surface area contributed by atoms with E-state index in [4.69, 9.17) is 0 Å². The number of benzene rings is 1. The van der Waals surface area contributed by atoms with Crippen LogP contribution in [-0.4, -0.2) is 19.0 Å². The lowest BCUT2D eigenvalue weighted by atomic mass is 9.91. The zero-order chi connectivity index (χ0) is 12.3. The summed E-state index contributed by atoms with van der Waals surface area (Å²) in [5.41, 5.74) is 2.34. The van der Waals surface area contributed by atoms with Gasteiger partial charge >= 0.3 is 0 Å². The molecule has 1 aromatic carbocycles. The first kappa shape index (κ1) is 12.5. The summed E-state index contributed by atoms with van der Waals surface area (Å²) in [6.07, 6.45) is 1.51. The molecule has 1 atom stereocenters. The Morgan fingerprint density at radius 2 is 2.12 bits per heavy atom. The molecule has 1 aromatic rings. The van der Waals surface area contributed by atoms with Gasteiger partial charge < -0.3 is 5.32 Å². The molecule has 17 heavy (non-hydrogen) atoms. The number of rotatable bonds is 4. The number of nitrogens with one attached hydrogen (secondary N) is 1. The van der Waals surface area contributed by atoms with Crippen LogP contribution < -0.4 is 5.32 Å². The molecule has 0 bridgehead atoms. The molecule has 1 N–H and O–H groups in total. The fraction of sp³-hybridized carbons (Fsp3) is 0.571. The zero-order valence-electron chi connectivity index (χ0n) is 10.2. The molecule has 0 spiro atoms. The normalized spacial score (nSPS) is 20.8. The lowest BCUT2D eigenvalue weighted by molar-refractivity contribution is 0.0132. The van der Waals surface area contributed by atoms with Gasteiger partial charge in [0.05, 0.1) is 0 Å². The Balaban J connectivity index is 2.10. The minimum Gasteiger partial charge on any atom is -0.316 e. The van der Waals surface area contributed by atoms with E-state index in [9.17, 15) is 8.78 Å². The third kappa shape index (κ3) is 3.50. The first-order valence-corrected chi connectivity index (χ1v) is 6.22. The maximum atomic E-state index is 12.9. The highest BCUT2D eigenvalue weighted by atomic mass is 19.3. The molecule has 1 saturated heterocycles. The third-order valence-corrected chi connectivity index (χ3v) is 3.39. The summed E-state index contributed by atoms with van der Waals surface area (Å²) in [5.74, 6) is -2.07. The first-order valence-electron chi connectivity index (χ1n) is 6.22. The van der Waals surface area contributed by atoms with E-state index < -0.39 is 5.92 Å². The molecule has 0 aliphatic carbocycles. The molecular formula is C14H19F2N. The first-order chi connectivity index (χ1) is 8.06. The van der Waals surface area contributed by atoms with Crippen LogP contribution in [0.3, 0.4) is 0 Å². The van der Waals surface area contributed by atoms with E-state index >= 15 is 0 Å². The number of hydrogen-bond donors (Lipinski definition) is 1. The van der Waals surface area contributed by atoms with Crippen LogP contribution in [0.5, 0.6) is 0 Å². The van der Waals surface area contributed by atoms with E-state index in [0.29, 0.717) is 12.3 Å². The maximum absolute atomic E-state index is 12.9. The quantitative estimate of drug-likeness (QED) is 0.849. The Bertz CT molecular complexity index is 365. The molecule has 0 saturated carbocycles. The van der Waals surface area contributed by atoms with Gasteiger partial charge in [-0.15, -0.1) is 0 Å². The maximum Gasteiger partial charge on any atom is 0.245 e. The van der Waals surface area contributed by atoms with Crippen molar-refractivity contribution in [1.29, 1.82) is 0 Å². The SMILES string of the molecule is CC(F)(F)CCc1ccccc1C1CCNC1. The Kier molecular flexibility index (Phi) is 3.77. The fourth-order valence-electron chi connectivity index (χ4n) is 2.43. The van der Waals surface area contributed by atoms with Crippen LogP contribution in [0.2, 0.25) is 0 Å². The average Bonchev–Trinajstić information content (AvgIpc) is 2.79. The van der Waals surface area contributed by atoms with Gasteiger partial charge in [-0.25, -0.2) is 8.78 Å². The van der Waals surface area contributed by atoms with Crippen LogP contribution in [0.4, 0.5) is 8.78 Å². The highest BCUT2D eigenvalue weighted by Crippen LogP contribution is 2.28. The monoisotopic (exact) mass is 239 g/mol. The van der Waals surface area contributed by atoms with E-state index in [0.717, 1.165) is 32.0 Å². The van der Waals surface area contributed by atoms with Gasteiger partial charge in [-0.3, -0.25) is 0 Å². The van der Waals surface area contributed by atoms with E-state index in [1.165, 1.54) is 5.56 Å². The van der Waals surface area contributed by atoms with Crippen molar-refractivity contribution < 1.29 is 8.78 Å². The second kappa shape index (κ2) is 5.13. The van der Waals surface area contributed by atoms with Gasteiger partial charge in [-0.2, -0.15) is 0 Å². The number of alkyl halides is 2. The van der Waals surface area contributed by atoms with Crippen LogP contribution in [0, 0.1) is 0 Å². The summed E-state index contributed by atoms with van der Waals surface area (Å²) in [4.78, 5) is 0. The second-order valence-corrected chi connectivity index (χ2v) is 4.96. The molecule has 1 aliphatic heterocycles. The number of hydrogen-bond acceptors (Lipinski definition) is 1. The van der Waals surface area contributed by atoms with Crippen molar-refractivity contribution in [2.24, 2.45) is 0 Å². The van der Waals surface area contributed by atoms with Gasteiger partial charge in [0, 0.05) is 13.0 Å². The van der Waals surface area contributed by atoms with Crippen LogP contribution in [-0.2, 0) is 6.42 Å². The van der Waals surface area contributed by atoms with Crippen LogP contribution in [0.15, 0.2) is 24.3 Å².